The number of aromatic nitrogens is 3. The van der Waals surface area contributed by atoms with Crippen molar-refractivity contribution < 1.29 is 4.79 Å². The molecule has 0 atom stereocenters. The predicted molar refractivity (Wildman–Crippen MR) is 144 cm³/mol. The van der Waals surface area contributed by atoms with Gasteiger partial charge in [0.2, 0.25) is 0 Å². The molecule has 4 aromatic rings. The minimum atomic E-state index is -0.146. The number of hydrogen-bond acceptors (Lipinski definition) is 5. The first-order valence-corrected chi connectivity index (χ1v) is 12.1. The molecule has 0 unspecified atom stereocenters. The van der Waals surface area contributed by atoms with Gasteiger partial charge in [-0.2, -0.15) is 0 Å². The zero-order valence-corrected chi connectivity index (χ0v) is 21.0. The number of aliphatic imine (C=N–C) groups is 1. The molecule has 1 aromatic heterocycles. The molecule has 6 heteroatoms. The molecule has 5 rings (SSSR count). The second kappa shape index (κ2) is 9.46. The van der Waals surface area contributed by atoms with Crippen molar-refractivity contribution in [1.29, 1.82) is 0 Å². The molecule has 0 spiro atoms. The fraction of sp³-hybridized carbons (Fsp3) is 0.233. The highest BCUT2D eigenvalue weighted by molar-refractivity contribution is 6.05. The van der Waals surface area contributed by atoms with E-state index in [2.05, 4.69) is 53.2 Å². The van der Waals surface area contributed by atoms with Gasteiger partial charge in [-0.05, 0) is 58.9 Å². The van der Waals surface area contributed by atoms with Crippen LogP contribution in [0.1, 0.15) is 59.2 Å². The summed E-state index contributed by atoms with van der Waals surface area (Å²) >= 11 is 0. The highest BCUT2D eigenvalue weighted by Gasteiger charge is 2.16. The van der Waals surface area contributed by atoms with Crippen molar-refractivity contribution in [2.24, 2.45) is 4.99 Å². The first-order valence-electron chi connectivity index (χ1n) is 12.1. The Balaban J connectivity index is 1.35. The third-order valence-corrected chi connectivity index (χ3v) is 6.51. The van der Waals surface area contributed by atoms with Crippen molar-refractivity contribution in [3.63, 3.8) is 0 Å². The quantitative estimate of drug-likeness (QED) is 0.370. The SMILES string of the molecule is Cc1c(NC(=O)c2ccc(C(C)(C)C)cc2)cccc1-c1ncnc(Cc2ccc3c(c2)CC=N3)n1. The fourth-order valence-electron chi connectivity index (χ4n) is 4.34. The van der Waals surface area contributed by atoms with Gasteiger partial charge >= 0.3 is 0 Å². The third kappa shape index (κ3) is 4.93. The van der Waals surface area contributed by atoms with E-state index in [1.54, 1.807) is 6.33 Å². The van der Waals surface area contributed by atoms with Crippen molar-refractivity contribution in [2.75, 3.05) is 5.32 Å². The summed E-state index contributed by atoms with van der Waals surface area (Å²) in [4.78, 5) is 30.9. The molecule has 0 bridgehead atoms. The minimum Gasteiger partial charge on any atom is -0.322 e. The van der Waals surface area contributed by atoms with Gasteiger partial charge in [0.1, 0.15) is 12.2 Å². The summed E-state index contributed by atoms with van der Waals surface area (Å²) in [7, 11) is 0. The van der Waals surface area contributed by atoms with E-state index in [1.165, 1.54) is 11.1 Å². The van der Waals surface area contributed by atoms with Gasteiger partial charge in [-0.3, -0.25) is 9.79 Å². The Morgan fingerprint density at radius 2 is 1.81 bits per heavy atom. The van der Waals surface area contributed by atoms with Gasteiger partial charge in [0.05, 0.1) is 5.69 Å². The van der Waals surface area contributed by atoms with Crippen molar-refractivity contribution >= 4 is 23.5 Å². The van der Waals surface area contributed by atoms with Gasteiger partial charge in [0, 0.05) is 35.9 Å². The topological polar surface area (TPSA) is 80.1 Å². The molecule has 0 saturated heterocycles. The van der Waals surface area contributed by atoms with Gasteiger partial charge in [-0.15, -0.1) is 0 Å². The molecule has 0 saturated carbocycles. The molecular formula is C30H29N5O. The number of carbonyl (C=O) groups is 1. The summed E-state index contributed by atoms with van der Waals surface area (Å²) in [5, 5.41) is 3.05. The van der Waals surface area contributed by atoms with E-state index in [4.69, 9.17) is 4.98 Å². The normalized spacial score (nSPS) is 12.4. The maximum absolute atomic E-state index is 13.0. The Morgan fingerprint density at radius 1 is 1.00 bits per heavy atom. The summed E-state index contributed by atoms with van der Waals surface area (Å²) in [6.07, 6.45) is 4.97. The summed E-state index contributed by atoms with van der Waals surface area (Å²) in [6, 6.07) is 19.8. The number of amides is 1. The van der Waals surface area contributed by atoms with E-state index < -0.39 is 0 Å². The van der Waals surface area contributed by atoms with Crippen molar-refractivity contribution in [3.8, 4) is 11.4 Å². The molecule has 0 radical (unpaired) electrons. The van der Waals surface area contributed by atoms with Crippen LogP contribution >= 0.6 is 0 Å². The number of nitrogens with zero attached hydrogens (tertiary/aromatic N) is 4. The second-order valence-electron chi connectivity index (χ2n) is 10.1. The number of fused-ring (bicyclic) bond motifs is 1. The van der Waals surface area contributed by atoms with Crippen molar-refractivity contribution in [2.45, 2.75) is 46.0 Å². The summed E-state index contributed by atoms with van der Waals surface area (Å²) in [6.45, 7) is 8.44. The van der Waals surface area contributed by atoms with Crippen molar-refractivity contribution in [3.05, 3.63) is 101 Å². The first kappa shape index (κ1) is 23.5. The van der Waals surface area contributed by atoms with E-state index >= 15 is 0 Å². The zero-order valence-electron chi connectivity index (χ0n) is 21.0. The lowest BCUT2D eigenvalue weighted by atomic mass is 9.86. The van der Waals surface area contributed by atoms with Crippen LogP contribution in [0.3, 0.4) is 0 Å². The average Bonchev–Trinajstić information content (AvgIpc) is 3.33. The lowest BCUT2D eigenvalue weighted by Gasteiger charge is -2.19. The van der Waals surface area contributed by atoms with Crippen LogP contribution < -0.4 is 5.32 Å². The Bertz CT molecular complexity index is 1470. The Kier molecular flexibility index (Phi) is 6.18. The van der Waals surface area contributed by atoms with Gasteiger partial charge in [-0.25, -0.2) is 15.0 Å². The minimum absolute atomic E-state index is 0.0400. The molecule has 1 aliphatic heterocycles. The first-order chi connectivity index (χ1) is 17.3. The molecular weight excluding hydrogens is 446 g/mol. The molecule has 2 heterocycles. The standard InChI is InChI=1S/C30H29N5O/c1-19-24(6-5-7-25(19)34-29(36)21-9-11-23(12-10-21)30(2,3)4)28-33-18-32-27(35-28)17-20-8-13-26-22(16-20)14-15-31-26/h5-13,15-16,18H,14,17H2,1-4H3,(H,34,36). The Labute approximate surface area is 211 Å². The predicted octanol–water partition coefficient (Wildman–Crippen LogP) is 6.25. The number of nitrogens with one attached hydrogen (secondary N) is 1. The van der Waals surface area contributed by atoms with E-state index in [-0.39, 0.29) is 11.3 Å². The van der Waals surface area contributed by atoms with Crippen LogP contribution in [0, 0.1) is 6.92 Å². The monoisotopic (exact) mass is 475 g/mol. The molecule has 0 aliphatic carbocycles. The van der Waals surface area contributed by atoms with Gasteiger partial charge < -0.3 is 5.32 Å². The lowest BCUT2D eigenvalue weighted by molar-refractivity contribution is 0.102. The number of anilines is 1. The van der Waals surface area contributed by atoms with Crippen LogP contribution in [0.5, 0.6) is 0 Å². The van der Waals surface area contributed by atoms with Crippen LogP contribution in [-0.2, 0) is 18.3 Å². The molecule has 1 amide bonds. The van der Waals surface area contributed by atoms with Crippen LogP contribution in [0.2, 0.25) is 0 Å². The molecule has 0 fully saturated rings. The maximum Gasteiger partial charge on any atom is 0.255 e. The van der Waals surface area contributed by atoms with Crippen LogP contribution in [-0.4, -0.2) is 27.1 Å². The van der Waals surface area contributed by atoms with Gasteiger partial charge in [0.15, 0.2) is 5.82 Å². The summed E-state index contributed by atoms with van der Waals surface area (Å²) in [5.74, 6) is 1.15. The van der Waals surface area contributed by atoms with E-state index in [9.17, 15) is 4.79 Å². The van der Waals surface area contributed by atoms with Crippen LogP contribution in [0.25, 0.3) is 11.4 Å². The van der Waals surface area contributed by atoms with E-state index in [1.807, 2.05) is 61.7 Å². The average molecular weight is 476 g/mol. The molecule has 6 nitrogen and oxygen atoms in total. The molecule has 36 heavy (non-hydrogen) atoms. The molecule has 3 aromatic carbocycles. The Morgan fingerprint density at radius 3 is 2.58 bits per heavy atom. The molecule has 1 N–H and O–H groups in total. The van der Waals surface area contributed by atoms with Gasteiger partial charge in [0.25, 0.3) is 5.91 Å². The van der Waals surface area contributed by atoms with E-state index in [0.717, 1.165) is 34.5 Å². The van der Waals surface area contributed by atoms with Crippen LogP contribution in [0.15, 0.2) is 72.0 Å². The van der Waals surface area contributed by atoms with Crippen molar-refractivity contribution in [1.82, 2.24) is 15.0 Å². The number of hydrogen-bond donors (Lipinski definition) is 1. The zero-order chi connectivity index (χ0) is 25.3. The lowest BCUT2D eigenvalue weighted by Crippen LogP contribution is -2.15. The molecule has 180 valence electrons. The second-order valence-corrected chi connectivity index (χ2v) is 10.1. The number of benzene rings is 3. The Hall–Kier alpha value is -4.19. The summed E-state index contributed by atoms with van der Waals surface area (Å²) < 4.78 is 0. The number of rotatable bonds is 5. The highest BCUT2D eigenvalue weighted by Crippen LogP contribution is 2.28. The van der Waals surface area contributed by atoms with Gasteiger partial charge in [-0.1, -0.05) is 57.2 Å². The fourth-order valence-corrected chi connectivity index (χ4v) is 4.34. The number of carbonyl (C=O) groups excluding carboxylic acids is 1. The van der Waals surface area contributed by atoms with Crippen LogP contribution in [0.4, 0.5) is 11.4 Å². The maximum atomic E-state index is 13.0. The summed E-state index contributed by atoms with van der Waals surface area (Å²) in [5.41, 5.74) is 7.77. The third-order valence-electron chi connectivity index (χ3n) is 6.51. The smallest absolute Gasteiger partial charge is 0.255 e. The molecule has 1 aliphatic rings. The highest BCUT2D eigenvalue weighted by atomic mass is 16.1. The largest absolute Gasteiger partial charge is 0.322 e. The van der Waals surface area contributed by atoms with E-state index in [0.29, 0.717) is 23.6 Å².